The molecule has 0 spiro atoms. The number of nitrogens with two attached hydrogens (primary N) is 1. The Morgan fingerprint density at radius 1 is 1.18 bits per heavy atom. The van der Waals surface area contributed by atoms with Gasteiger partial charge in [-0.2, -0.15) is 9.78 Å². The lowest BCUT2D eigenvalue weighted by atomic mass is 10.0. The molecular weight excluding hydrogens is 443 g/mol. The first-order valence-electron chi connectivity index (χ1n) is 10.0. The smallest absolute Gasteiger partial charge is 0.349 e. The molecule has 0 aliphatic heterocycles. The number of halogens is 1. The second-order valence-electron chi connectivity index (χ2n) is 7.11. The minimum atomic E-state index is -0.936. The average molecular weight is 464 g/mol. The van der Waals surface area contributed by atoms with Crippen LogP contribution in [0.15, 0.2) is 59.5 Å². The van der Waals surface area contributed by atoms with Gasteiger partial charge in [0.1, 0.15) is 17.7 Å². The summed E-state index contributed by atoms with van der Waals surface area (Å²) < 4.78 is 26.8. The van der Waals surface area contributed by atoms with Gasteiger partial charge in [0.25, 0.3) is 0 Å². The molecule has 0 fully saturated rings. The number of nitrogens with zero attached hydrogens (tertiary/aromatic N) is 4. The number of methoxy groups -OCH3 is 2. The SMILES string of the molecule is COc1cc(F)c(C(Nc2ccc(C(=N)N)cc2)c2nn(-c3cccnn3)c(=O)[nH]2)cc1OC. The van der Waals surface area contributed by atoms with Crippen LogP contribution in [0.4, 0.5) is 10.1 Å². The maximum atomic E-state index is 15.2. The molecule has 0 aliphatic rings. The normalized spacial score (nSPS) is 11.6. The van der Waals surface area contributed by atoms with Crippen molar-refractivity contribution < 1.29 is 13.9 Å². The summed E-state index contributed by atoms with van der Waals surface area (Å²) in [6.07, 6.45) is 1.47. The Hall–Kier alpha value is -4.74. The van der Waals surface area contributed by atoms with E-state index in [0.717, 1.165) is 4.68 Å². The highest BCUT2D eigenvalue weighted by atomic mass is 19.1. The van der Waals surface area contributed by atoms with Crippen molar-refractivity contribution in [3.8, 4) is 17.3 Å². The number of H-pyrrole nitrogens is 1. The zero-order valence-electron chi connectivity index (χ0n) is 18.2. The number of hydrogen-bond donors (Lipinski definition) is 4. The molecule has 34 heavy (non-hydrogen) atoms. The number of ether oxygens (including phenoxy) is 2. The van der Waals surface area contributed by atoms with Crippen molar-refractivity contribution in [1.29, 1.82) is 5.41 Å². The van der Waals surface area contributed by atoms with Crippen molar-refractivity contribution in [2.24, 2.45) is 5.73 Å². The highest BCUT2D eigenvalue weighted by Gasteiger charge is 2.25. The first-order chi connectivity index (χ1) is 16.4. The summed E-state index contributed by atoms with van der Waals surface area (Å²) in [5.74, 6) is 0.150. The molecule has 0 aliphatic carbocycles. The summed E-state index contributed by atoms with van der Waals surface area (Å²) in [6.45, 7) is 0. The van der Waals surface area contributed by atoms with Crippen LogP contribution in [0.25, 0.3) is 5.82 Å². The predicted octanol–water partition coefficient (Wildman–Crippen LogP) is 1.99. The number of aromatic amines is 1. The third-order valence-corrected chi connectivity index (χ3v) is 5.00. The van der Waals surface area contributed by atoms with Gasteiger partial charge in [0.15, 0.2) is 23.1 Å². The molecule has 1 atom stereocenters. The van der Waals surface area contributed by atoms with Crippen molar-refractivity contribution >= 4 is 11.5 Å². The fourth-order valence-corrected chi connectivity index (χ4v) is 3.33. The van der Waals surface area contributed by atoms with E-state index in [4.69, 9.17) is 20.6 Å². The van der Waals surface area contributed by atoms with E-state index < -0.39 is 17.5 Å². The molecule has 0 saturated carbocycles. The van der Waals surface area contributed by atoms with Gasteiger partial charge in [-0.3, -0.25) is 10.4 Å². The van der Waals surface area contributed by atoms with E-state index in [1.54, 1.807) is 36.4 Å². The van der Waals surface area contributed by atoms with Gasteiger partial charge in [-0.1, -0.05) is 0 Å². The van der Waals surface area contributed by atoms with E-state index in [9.17, 15) is 4.79 Å². The van der Waals surface area contributed by atoms with Gasteiger partial charge in [0.05, 0.1) is 14.2 Å². The number of rotatable bonds is 8. The van der Waals surface area contributed by atoms with Crippen LogP contribution in [0.1, 0.15) is 23.0 Å². The molecule has 11 nitrogen and oxygen atoms in total. The number of hydrogen-bond acceptors (Lipinski definition) is 8. The first kappa shape index (κ1) is 22.5. The van der Waals surface area contributed by atoms with Gasteiger partial charge in [-0.15, -0.1) is 10.2 Å². The van der Waals surface area contributed by atoms with Crippen molar-refractivity contribution in [2.45, 2.75) is 6.04 Å². The molecule has 2 aromatic heterocycles. The van der Waals surface area contributed by atoms with Crippen LogP contribution < -0.4 is 26.2 Å². The fourth-order valence-electron chi connectivity index (χ4n) is 3.33. The Balaban J connectivity index is 1.82. The highest BCUT2D eigenvalue weighted by Crippen LogP contribution is 2.35. The molecule has 0 amide bonds. The Morgan fingerprint density at radius 3 is 2.50 bits per heavy atom. The van der Waals surface area contributed by atoms with Crippen LogP contribution in [0.2, 0.25) is 0 Å². The monoisotopic (exact) mass is 464 g/mol. The molecule has 12 heteroatoms. The second kappa shape index (κ2) is 9.40. The van der Waals surface area contributed by atoms with Crippen LogP contribution in [0.3, 0.4) is 0 Å². The summed E-state index contributed by atoms with van der Waals surface area (Å²) in [4.78, 5) is 15.3. The summed E-state index contributed by atoms with van der Waals surface area (Å²) in [5, 5.41) is 22.7. The highest BCUT2D eigenvalue weighted by molar-refractivity contribution is 5.95. The van der Waals surface area contributed by atoms with Crippen LogP contribution in [-0.4, -0.2) is 45.0 Å². The number of amidine groups is 1. The fraction of sp³-hybridized carbons (Fsp3) is 0.136. The minimum absolute atomic E-state index is 0.0823. The molecular formula is C22H21FN8O3. The van der Waals surface area contributed by atoms with E-state index in [0.29, 0.717) is 17.0 Å². The summed E-state index contributed by atoms with van der Waals surface area (Å²) >= 11 is 0. The lowest BCUT2D eigenvalue weighted by Gasteiger charge is -2.20. The van der Waals surface area contributed by atoms with Crippen LogP contribution in [0, 0.1) is 11.2 Å². The lowest BCUT2D eigenvalue weighted by Crippen LogP contribution is -2.17. The summed E-state index contributed by atoms with van der Waals surface area (Å²) in [6, 6.07) is 11.6. The minimum Gasteiger partial charge on any atom is -0.493 e. The number of anilines is 1. The van der Waals surface area contributed by atoms with E-state index in [-0.39, 0.29) is 28.8 Å². The number of nitrogens with one attached hydrogen (secondary N) is 3. The number of benzene rings is 2. The zero-order chi connectivity index (χ0) is 24.2. The van der Waals surface area contributed by atoms with Gasteiger partial charge in [-0.25, -0.2) is 9.18 Å². The average Bonchev–Trinajstić information content (AvgIpc) is 3.24. The van der Waals surface area contributed by atoms with Gasteiger partial charge in [-0.05, 0) is 42.5 Å². The largest absolute Gasteiger partial charge is 0.493 e. The number of aromatic nitrogens is 5. The lowest BCUT2D eigenvalue weighted by molar-refractivity contribution is 0.351. The van der Waals surface area contributed by atoms with Crippen LogP contribution in [0.5, 0.6) is 11.5 Å². The maximum absolute atomic E-state index is 15.2. The van der Waals surface area contributed by atoms with Gasteiger partial charge < -0.3 is 20.5 Å². The molecule has 0 radical (unpaired) electrons. The zero-order valence-corrected chi connectivity index (χ0v) is 18.2. The predicted molar refractivity (Wildman–Crippen MR) is 122 cm³/mol. The summed E-state index contributed by atoms with van der Waals surface area (Å²) in [5.41, 5.74) is 6.19. The third-order valence-electron chi connectivity index (χ3n) is 5.00. The maximum Gasteiger partial charge on any atom is 0.349 e. The molecule has 2 aromatic carbocycles. The quantitative estimate of drug-likeness (QED) is 0.228. The molecule has 2 heterocycles. The third kappa shape index (κ3) is 4.41. The van der Waals surface area contributed by atoms with Crippen LogP contribution in [-0.2, 0) is 0 Å². The second-order valence-corrected chi connectivity index (χ2v) is 7.11. The van der Waals surface area contributed by atoms with E-state index in [2.05, 4.69) is 25.6 Å². The van der Waals surface area contributed by atoms with Crippen LogP contribution >= 0.6 is 0 Å². The van der Waals surface area contributed by atoms with Crippen molar-refractivity contribution in [3.05, 3.63) is 88.0 Å². The number of nitrogen functional groups attached to an aromatic ring is 1. The topological polar surface area (TPSA) is 157 Å². The Kier molecular flexibility index (Phi) is 6.21. The van der Waals surface area contributed by atoms with Crippen molar-refractivity contribution in [3.63, 3.8) is 0 Å². The first-order valence-corrected chi connectivity index (χ1v) is 10.0. The molecule has 1 unspecified atom stereocenters. The Bertz CT molecular complexity index is 1370. The van der Waals surface area contributed by atoms with E-state index in [1.165, 1.54) is 32.5 Å². The Morgan fingerprint density at radius 2 is 1.88 bits per heavy atom. The Labute approximate surface area is 192 Å². The molecule has 5 N–H and O–H groups in total. The summed E-state index contributed by atoms with van der Waals surface area (Å²) in [7, 11) is 2.84. The molecule has 0 bridgehead atoms. The van der Waals surface area contributed by atoms with Gasteiger partial charge in [0, 0.05) is 29.1 Å². The molecule has 4 rings (SSSR count). The standard InChI is InChI=1S/C22H21FN8O3/c1-33-16-10-14(15(23)11-17(16)34-2)19(27-13-7-5-12(6-8-13)20(24)25)21-28-22(32)31(30-21)18-4-3-9-26-29-18/h3-11,19,27H,1-2H3,(H3,24,25)(H,28,30,32). The van der Waals surface area contributed by atoms with Gasteiger partial charge >= 0.3 is 5.69 Å². The van der Waals surface area contributed by atoms with Crippen molar-refractivity contribution in [2.75, 3.05) is 19.5 Å². The molecule has 4 aromatic rings. The molecule has 174 valence electrons. The van der Waals surface area contributed by atoms with E-state index >= 15 is 4.39 Å². The van der Waals surface area contributed by atoms with Gasteiger partial charge in [0.2, 0.25) is 0 Å². The molecule has 0 saturated heterocycles. The van der Waals surface area contributed by atoms with E-state index in [1.807, 2.05) is 0 Å². The van der Waals surface area contributed by atoms with Crippen molar-refractivity contribution in [1.82, 2.24) is 25.0 Å².